The van der Waals surface area contributed by atoms with Gasteiger partial charge in [0.2, 0.25) is 0 Å². The van der Waals surface area contributed by atoms with Crippen LogP contribution in [0.3, 0.4) is 0 Å². The molecule has 0 bridgehead atoms. The lowest BCUT2D eigenvalue weighted by molar-refractivity contribution is -0.181. The first-order valence-electron chi connectivity index (χ1n) is 13.8. The molecule has 5 rings (SSSR count). The standard InChI is InChI=1S/C28H40N4O6/c1-26-8-5-18(32-38-15-24(36)30-10-7-19-13-29-16-31-19)11-17(26)3-4-20-21-6-9-28(37,23(35)14-33)27(21,2)12-22(34)25(20)26/h11,13,16,20-22,25,33-34,37H,3-10,12,14-15H2,1-2H3,(H,29,31)(H,30,36)/b32-18+/t20-,21-,22+,25+,26-,27-,28-/m0/s1. The molecule has 3 fully saturated rings. The molecular formula is C28H40N4O6. The van der Waals surface area contributed by atoms with E-state index in [2.05, 4.69) is 33.4 Å². The Labute approximate surface area is 222 Å². The second-order valence-corrected chi connectivity index (χ2v) is 12.1. The number of imidazole rings is 1. The van der Waals surface area contributed by atoms with E-state index in [1.807, 2.05) is 6.92 Å². The Balaban J connectivity index is 1.23. The molecule has 1 aromatic rings. The van der Waals surface area contributed by atoms with E-state index in [-0.39, 0.29) is 35.7 Å². The highest BCUT2D eigenvalue weighted by molar-refractivity contribution is 5.96. The van der Waals surface area contributed by atoms with Crippen LogP contribution in [0.15, 0.2) is 29.3 Å². The fourth-order valence-electron chi connectivity index (χ4n) is 8.35. The maximum absolute atomic E-state index is 12.6. The van der Waals surface area contributed by atoms with Gasteiger partial charge in [0, 0.05) is 30.3 Å². The van der Waals surface area contributed by atoms with Crippen LogP contribution in [0, 0.1) is 28.6 Å². The van der Waals surface area contributed by atoms with Crippen molar-refractivity contribution >= 4 is 17.4 Å². The molecule has 0 spiro atoms. The van der Waals surface area contributed by atoms with Crippen LogP contribution < -0.4 is 5.32 Å². The number of aromatic nitrogens is 2. The van der Waals surface area contributed by atoms with Crippen LogP contribution in [0.25, 0.3) is 0 Å². The van der Waals surface area contributed by atoms with Crippen LogP contribution in [0.5, 0.6) is 0 Å². The highest BCUT2D eigenvalue weighted by Crippen LogP contribution is 2.67. The third-order valence-electron chi connectivity index (χ3n) is 10.3. The topological polar surface area (TPSA) is 157 Å². The summed E-state index contributed by atoms with van der Waals surface area (Å²) in [5.41, 5.74) is 0.490. The van der Waals surface area contributed by atoms with Crippen LogP contribution in [0.2, 0.25) is 0 Å². The first-order chi connectivity index (χ1) is 18.1. The van der Waals surface area contributed by atoms with E-state index >= 15 is 0 Å². The molecule has 208 valence electrons. The number of allylic oxidation sites excluding steroid dienone is 2. The van der Waals surface area contributed by atoms with Crippen molar-refractivity contribution in [3.8, 4) is 0 Å². The van der Waals surface area contributed by atoms with E-state index in [1.54, 1.807) is 12.5 Å². The molecule has 1 heterocycles. The van der Waals surface area contributed by atoms with E-state index < -0.39 is 29.5 Å². The van der Waals surface area contributed by atoms with E-state index in [0.29, 0.717) is 32.2 Å². The summed E-state index contributed by atoms with van der Waals surface area (Å²) in [7, 11) is 0. The molecule has 4 aliphatic carbocycles. The number of aromatic amines is 1. The molecule has 1 aromatic heterocycles. The third-order valence-corrected chi connectivity index (χ3v) is 10.3. The number of carbonyl (C=O) groups excluding carboxylic acids is 2. The average Bonchev–Trinajstić information content (AvgIpc) is 3.49. The Bertz CT molecular complexity index is 1120. The molecule has 4 aliphatic rings. The number of hydrogen-bond acceptors (Lipinski definition) is 8. The molecule has 3 saturated carbocycles. The molecule has 0 saturated heterocycles. The predicted molar refractivity (Wildman–Crippen MR) is 139 cm³/mol. The van der Waals surface area contributed by atoms with E-state index in [9.17, 15) is 24.9 Å². The van der Waals surface area contributed by atoms with Gasteiger partial charge in [-0.2, -0.15) is 0 Å². The van der Waals surface area contributed by atoms with Crippen molar-refractivity contribution < 1.29 is 29.7 Å². The van der Waals surface area contributed by atoms with E-state index in [0.717, 1.165) is 37.1 Å². The van der Waals surface area contributed by atoms with Crippen molar-refractivity contribution in [2.75, 3.05) is 19.8 Å². The van der Waals surface area contributed by atoms with Crippen molar-refractivity contribution in [2.45, 2.75) is 76.9 Å². The van der Waals surface area contributed by atoms with Gasteiger partial charge in [0.25, 0.3) is 5.91 Å². The van der Waals surface area contributed by atoms with Gasteiger partial charge in [-0.25, -0.2) is 4.98 Å². The number of ketones is 1. The van der Waals surface area contributed by atoms with Gasteiger partial charge in [0.1, 0.15) is 12.2 Å². The van der Waals surface area contributed by atoms with Gasteiger partial charge >= 0.3 is 0 Å². The quantitative estimate of drug-likeness (QED) is 0.321. The third kappa shape index (κ3) is 4.40. The zero-order chi connectivity index (χ0) is 27.1. The van der Waals surface area contributed by atoms with Gasteiger partial charge < -0.3 is 30.5 Å². The Morgan fingerprint density at radius 3 is 2.82 bits per heavy atom. The number of nitrogens with one attached hydrogen (secondary N) is 2. The number of amides is 1. The monoisotopic (exact) mass is 528 g/mol. The predicted octanol–water partition coefficient (Wildman–Crippen LogP) is 1.67. The SMILES string of the molecule is C[C@]12CC/C(=N\OCC(=O)NCCc3cnc[nH]3)C=C1CC[C@@H]1[C@@H]2[C@H](O)C[C@@]2(C)[C@H]1CC[C@]2(O)C(=O)CO. The largest absolute Gasteiger partial charge is 0.393 e. The lowest BCUT2D eigenvalue weighted by Gasteiger charge is -2.60. The van der Waals surface area contributed by atoms with Crippen molar-refractivity contribution in [3.63, 3.8) is 0 Å². The molecule has 7 atom stereocenters. The van der Waals surface area contributed by atoms with Crippen LogP contribution in [0.1, 0.15) is 64.5 Å². The average molecular weight is 529 g/mol. The van der Waals surface area contributed by atoms with Gasteiger partial charge in [0.15, 0.2) is 12.4 Å². The van der Waals surface area contributed by atoms with Gasteiger partial charge in [-0.3, -0.25) is 9.59 Å². The van der Waals surface area contributed by atoms with Crippen LogP contribution >= 0.6 is 0 Å². The van der Waals surface area contributed by atoms with Gasteiger partial charge in [-0.15, -0.1) is 0 Å². The summed E-state index contributed by atoms with van der Waals surface area (Å²) >= 11 is 0. The second-order valence-electron chi connectivity index (χ2n) is 12.1. The van der Waals surface area contributed by atoms with Crippen molar-refractivity contribution in [1.82, 2.24) is 15.3 Å². The zero-order valence-corrected chi connectivity index (χ0v) is 22.3. The van der Waals surface area contributed by atoms with Gasteiger partial charge in [-0.1, -0.05) is 24.6 Å². The minimum atomic E-state index is -1.58. The van der Waals surface area contributed by atoms with Gasteiger partial charge in [-0.05, 0) is 74.2 Å². The summed E-state index contributed by atoms with van der Waals surface area (Å²) in [6.07, 6.45) is 10.1. The maximum Gasteiger partial charge on any atom is 0.260 e. The van der Waals surface area contributed by atoms with Crippen LogP contribution in [-0.2, 0) is 20.8 Å². The van der Waals surface area contributed by atoms with E-state index in [4.69, 9.17) is 4.84 Å². The Kier molecular flexibility index (Phi) is 7.26. The zero-order valence-electron chi connectivity index (χ0n) is 22.3. The molecule has 10 nitrogen and oxygen atoms in total. The molecule has 0 unspecified atom stereocenters. The summed E-state index contributed by atoms with van der Waals surface area (Å²) in [6.45, 7) is 3.82. The van der Waals surface area contributed by atoms with Gasteiger partial charge in [0.05, 0.1) is 18.1 Å². The Hall–Kier alpha value is -2.56. The molecule has 0 radical (unpaired) electrons. The number of fused-ring (bicyclic) bond motifs is 5. The first kappa shape index (κ1) is 27.0. The second kappa shape index (κ2) is 10.2. The summed E-state index contributed by atoms with van der Waals surface area (Å²) in [6, 6.07) is 0. The number of rotatable bonds is 8. The number of Topliss-reactive ketones (excluding diaryl/α,β-unsaturated/α-hetero) is 1. The summed E-state index contributed by atoms with van der Waals surface area (Å²) < 4.78 is 0. The first-order valence-corrected chi connectivity index (χ1v) is 13.8. The molecule has 5 N–H and O–H groups in total. The van der Waals surface area contributed by atoms with Crippen molar-refractivity contribution in [3.05, 3.63) is 29.9 Å². The fourth-order valence-corrected chi connectivity index (χ4v) is 8.35. The molecular weight excluding hydrogens is 488 g/mol. The highest BCUT2D eigenvalue weighted by atomic mass is 16.6. The lowest BCUT2D eigenvalue weighted by Crippen LogP contribution is -2.62. The lowest BCUT2D eigenvalue weighted by atomic mass is 9.45. The number of H-pyrrole nitrogens is 1. The highest BCUT2D eigenvalue weighted by Gasteiger charge is 2.68. The smallest absolute Gasteiger partial charge is 0.260 e. The molecule has 1 amide bonds. The number of aliphatic hydroxyl groups is 3. The van der Waals surface area contributed by atoms with Crippen LogP contribution in [0.4, 0.5) is 0 Å². The minimum Gasteiger partial charge on any atom is -0.393 e. The number of nitrogens with zero attached hydrogens (tertiary/aromatic N) is 2. The van der Waals surface area contributed by atoms with Crippen molar-refractivity contribution in [2.24, 2.45) is 33.7 Å². The molecule has 0 aliphatic heterocycles. The molecule has 10 heteroatoms. The molecule has 38 heavy (non-hydrogen) atoms. The minimum absolute atomic E-state index is 0.0373. The molecule has 0 aromatic carbocycles. The normalized spacial score (nSPS) is 39.1. The van der Waals surface area contributed by atoms with Crippen molar-refractivity contribution in [1.29, 1.82) is 0 Å². The maximum atomic E-state index is 12.6. The number of aliphatic hydroxyl groups excluding tert-OH is 2. The summed E-state index contributed by atoms with van der Waals surface area (Å²) in [5, 5.41) is 39.4. The number of carbonyl (C=O) groups is 2. The summed E-state index contributed by atoms with van der Waals surface area (Å²) in [5.74, 6) is -0.394. The fraction of sp³-hybridized carbons (Fsp3) is 0.714. The Morgan fingerprint density at radius 1 is 1.26 bits per heavy atom. The number of hydrogen-bond donors (Lipinski definition) is 5. The summed E-state index contributed by atoms with van der Waals surface area (Å²) in [4.78, 5) is 37.0. The Morgan fingerprint density at radius 2 is 2.08 bits per heavy atom. The van der Waals surface area contributed by atoms with E-state index in [1.165, 1.54) is 5.57 Å². The van der Waals surface area contributed by atoms with Crippen LogP contribution in [-0.4, -0.2) is 74.2 Å². The number of oxime groups is 1.